The Morgan fingerprint density at radius 1 is 1.22 bits per heavy atom. The third kappa shape index (κ3) is 3.33. The SMILES string of the molecule is CN(CC1CCCCC1)c1cccc(Cl)c1CCl. The smallest absolute Gasteiger partial charge is 0.0509 e. The van der Waals surface area contributed by atoms with Crippen molar-refractivity contribution in [2.24, 2.45) is 5.92 Å². The van der Waals surface area contributed by atoms with Crippen LogP contribution in [-0.4, -0.2) is 13.6 Å². The first-order valence-electron chi connectivity index (χ1n) is 6.77. The van der Waals surface area contributed by atoms with Crippen molar-refractivity contribution in [3.05, 3.63) is 28.8 Å². The summed E-state index contributed by atoms with van der Waals surface area (Å²) in [6.45, 7) is 1.12. The van der Waals surface area contributed by atoms with E-state index >= 15 is 0 Å². The van der Waals surface area contributed by atoms with E-state index in [2.05, 4.69) is 18.0 Å². The maximum atomic E-state index is 6.21. The highest BCUT2D eigenvalue weighted by molar-refractivity contribution is 6.32. The van der Waals surface area contributed by atoms with Crippen LogP contribution >= 0.6 is 23.2 Å². The zero-order valence-electron chi connectivity index (χ0n) is 11.0. The van der Waals surface area contributed by atoms with E-state index in [1.165, 1.54) is 37.8 Å². The van der Waals surface area contributed by atoms with Crippen molar-refractivity contribution in [1.82, 2.24) is 0 Å². The number of rotatable bonds is 4. The summed E-state index contributed by atoms with van der Waals surface area (Å²) in [6, 6.07) is 6.04. The Balaban J connectivity index is 2.07. The molecule has 0 radical (unpaired) electrons. The van der Waals surface area contributed by atoms with Gasteiger partial charge in [-0.05, 0) is 30.9 Å². The summed E-state index contributed by atoms with van der Waals surface area (Å²) in [4.78, 5) is 2.32. The fourth-order valence-corrected chi connectivity index (χ4v) is 3.48. The van der Waals surface area contributed by atoms with Gasteiger partial charge in [0.05, 0.1) is 5.88 Å². The van der Waals surface area contributed by atoms with Gasteiger partial charge in [-0.2, -0.15) is 0 Å². The summed E-state index contributed by atoms with van der Waals surface area (Å²) < 4.78 is 0. The molecular weight excluding hydrogens is 265 g/mol. The van der Waals surface area contributed by atoms with Crippen LogP contribution < -0.4 is 4.90 Å². The molecule has 0 bridgehead atoms. The molecule has 0 unspecified atom stereocenters. The van der Waals surface area contributed by atoms with Gasteiger partial charge in [0.1, 0.15) is 0 Å². The molecule has 1 fully saturated rings. The molecule has 1 aliphatic rings. The lowest BCUT2D eigenvalue weighted by Gasteiger charge is -2.29. The van der Waals surface area contributed by atoms with Crippen LogP contribution in [0.25, 0.3) is 0 Å². The zero-order chi connectivity index (χ0) is 13.0. The minimum Gasteiger partial charge on any atom is -0.374 e. The summed E-state index contributed by atoms with van der Waals surface area (Å²) in [5, 5.41) is 0.776. The second-order valence-electron chi connectivity index (χ2n) is 5.26. The molecule has 0 N–H and O–H groups in total. The zero-order valence-corrected chi connectivity index (χ0v) is 12.5. The lowest BCUT2D eigenvalue weighted by molar-refractivity contribution is 0.362. The van der Waals surface area contributed by atoms with Gasteiger partial charge in [0.15, 0.2) is 0 Å². The van der Waals surface area contributed by atoms with Crippen LogP contribution in [0.5, 0.6) is 0 Å². The van der Waals surface area contributed by atoms with Crippen LogP contribution in [0.3, 0.4) is 0 Å². The van der Waals surface area contributed by atoms with Crippen LogP contribution in [-0.2, 0) is 5.88 Å². The van der Waals surface area contributed by atoms with E-state index in [0.717, 1.165) is 23.0 Å². The molecule has 1 aromatic carbocycles. The number of alkyl halides is 1. The minimum absolute atomic E-state index is 0.476. The topological polar surface area (TPSA) is 3.24 Å². The van der Waals surface area contributed by atoms with Gasteiger partial charge in [0.2, 0.25) is 0 Å². The summed E-state index contributed by atoms with van der Waals surface area (Å²) >= 11 is 12.2. The molecule has 1 aromatic rings. The maximum absolute atomic E-state index is 6.21. The summed E-state index contributed by atoms with van der Waals surface area (Å²) in [7, 11) is 2.15. The van der Waals surface area contributed by atoms with Crippen LogP contribution in [0.4, 0.5) is 5.69 Å². The fourth-order valence-electron chi connectivity index (χ4n) is 2.89. The van der Waals surface area contributed by atoms with E-state index in [0.29, 0.717) is 5.88 Å². The predicted octanol–water partition coefficient (Wildman–Crippen LogP) is 5.10. The lowest BCUT2D eigenvalue weighted by atomic mass is 9.89. The Labute approximate surface area is 120 Å². The largest absolute Gasteiger partial charge is 0.374 e. The number of anilines is 1. The Hall–Kier alpha value is -0.400. The summed E-state index contributed by atoms with van der Waals surface area (Å²) in [5.41, 5.74) is 2.24. The van der Waals surface area contributed by atoms with Crippen LogP contribution in [0.1, 0.15) is 37.7 Å². The molecule has 2 rings (SSSR count). The molecule has 1 aliphatic carbocycles. The molecule has 0 aromatic heterocycles. The molecule has 1 saturated carbocycles. The molecule has 1 nitrogen and oxygen atoms in total. The molecule has 0 heterocycles. The number of hydrogen-bond acceptors (Lipinski definition) is 1. The fraction of sp³-hybridized carbons (Fsp3) is 0.600. The second kappa shape index (κ2) is 6.68. The van der Waals surface area contributed by atoms with E-state index in [1.54, 1.807) is 0 Å². The highest BCUT2D eigenvalue weighted by Gasteiger charge is 2.17. The third-order valence-corrected chi connectivity index (χ3v) is 4.52. The molecule has 0 amide bonds. The lowest BCUT2D eigenvalue weighted by Crippen LogP contribution is -2.27. The standard InChI is InChI=1S/C15H21Cl2N/c1-18(11-12-6-3-2-4-7-12)15-9-5-8-14(17)13(15)10-16/h5,8-9,12H,2-4,6-7,10-11H2,1H3. The molecular formula is C15H21Cl2N. The first kappa shape index (κ1) is 14.0. The van der Waals surface area contributed by atoms with Crippen molar-refractivity contribution in [3.8, 4) is 0 Å². The van der Waals surface area contributed by atoms with Gasteiger partial charge >= 0.3 is 0 Å². The van der Waals surface area contributed by atoms with Gasteiger partial charge in [0, 0.05) is 29.9 Å². The molecule has 0 atom stereocenters. The first-order chi connectivity index (χ1) is 8.72. The van der Waals surface area contributed by atoms with E-state index in [1.807, 2.05) is 12.1 Å². The molecule has 3 heteroatoms. The predicted molar refractivity (Wildman–Crippen MR) is 80.9 cm³/mol. The number of halogens is 2. The van der Waals surface area contributed by atoms with E-state index in [9.17, 15) is 0 Å². The van der Waals surface area contributed by atoms with Gasteiger partial charge in [-0.25, -0.2) is 0 Å². The quantitative estimate of drug-likeness (QED) is 0.696. The maximum Gasteiger partial charge on any atom is 0.0509 e. The average molecular weight is 286 g/mol. The number of nitrogens with zero attached hydrogens (tertiary/aromatic N) is 1. The van der Waals surface area contributed by atoms with Crippen molar-refractivity contribution in [2.45, 2.75) is 38.0 Å². The van der Waals surface area contributed by atoms with Gasteiger partial charge in [-0.1, -0.05) is 36.9 Å². The van der Waals surface area contributed by atoms with Crippen molar-refractivity contribution < 1.29 is 0 Å². The Bertz CT molecular complexity index is 386. The normalized spacial score (nSPS) is 16.8. The molecule has 0 spiro atoms. The van der Waals surface area contributed by atoms with Crippen molar-refractivity contribution in [2.75, 3.05) is 18.5 Å². The van der Waals surface area contributed by atoms with Crippen molar-refractivity contribution in [1.29, 1.82) is 0 Å². The average Bonchev–Trinajstić information content (AvgIpc) is 2.39. The second-order valence-corrected chi connectivity index (χ2v) is 5.93. The monoisotopic (exact) mass is 285 g/mol. The van der Waals surface area contributed by atoms with Crippen LogP contribution in [0.2, 0.25) is 5.02 Å². The van der Waals surface area contributed by atoms with Gasteiger partial charge in [-0.3, -0.25) is 0 Å². The minimum atomic E-state index is 0.476. The molecule has 100 valence electrons. The van der Waals surface area contributed by atoms with E-state index < -0.39 is 0 Å². The molecule has 18 heavy (non-hydrogen) atoms. The highest BCUT2D eigenvalue weighted by Crippen LogP contribution is 2.31. The van der Waals surface area contributed by atoms with Gasteiger partial charge in [0.25, 0.3) is 0 Å². The summed E-state index contributed by atoms with van der Waals surface area (Å²) in [6.07, 6.45) is 6.90. The number of hydrogen-bond donors (Lipinski definition) is 0. The highest BCUT2D eigenvalue weighted by atomic mass is 35.5. The molecule has 0 aliphatic heterocycles. The van der Waals surface area contributed by atoms with E-state index in [4.69, 9.17) is 23.2 Å². The third-order valence-electron chi connectivity index (χ3n) is 3.90. The Morgan fingerprint density at radius 3 is 2.61 bits per heavy atom. The number of benzene rings is 1. The van der Waals surface area contributed by atoms with Gasteiger partial charge in [-0.15, -0.1) is 11.6 Å². The molecule has 0 saturated heterocycles. The van der Waals surface area contributed by atoms with Crippen molar-refractivity contribution >= 4 is 28.9 Å². The van der Waals surface area contributed by atoms with Crippen LogP contribution in [0.15, 0.2) is 18.2 Å². The van der Waals surface area contributed by atoms with Crippen molar-refractivity contribution in [3.63, 3.8) is 0 Å². The van der Waals surface area contributed by atoms with Gasteiger partial charge < -0.3 is 4.90 Å². The van der Waals surface area contributed by atoms with E-state index in [-0.39, 0.29) is 0 Å². The van der Waals surface area contributed by atoms with Crippen LogP contribution in [0, 0.1) is 5.92 Å². The first-order valence-corrected chi connectivity index (χ1v) is 7.68. The Kier molecular flexibility index (Phi) is 5.20. The summed E-state index contributed by atoms with van der Waals surface area (Å²) in [5.74, 6) is 1.30. The Morgan fingerprint density at radius 2 is 1.94 bits per heavy atom.